The molecular formula is C19H28N2O3S. The number of nitrogens with zero attached hydrogens (tertiary/aromatic N) is 1. The molecule has 0 spiro atoms. The van der Waals surface area contributed by atoms with Crippen LogP contribution in [0.2, 0.25) is 0 Å². The minimum atomic E-state index is -0.468. The zero-order valence-corrected chi connectivity index (χ0v) is 16.3. The van der Waals surface area contributed by atoms with Gasteiger partial charge in [0.1, 0.15) is 11.4 Å². The Kier molecular flexibility index (Phi) is 6.64. The quantitative estimate of drug-likeness (QED) is 0.828. The summed E-state index contributed by atoms with van der Waals surface area (Å²) in [7, 11) is 1.66. The number of rotatable bonds is 4. The first kappa shape index (κ1) is 19.5. The van der Waals surface area contributed by atoms with Crippen molar-refractivity contribution in [1.82, 2.24) is 10.2 Å². The monoisotopic (exact) mass is 364 g/mol. The maximum absolute atomic E-state index is 11.9. The highest BCUT2D eigenvalue weighted by molar-refractivity contribution is 7.80. The Hall–Kier alpha value is -1.82. The number of methoxy groups -OCH3 is 1. The zero-order valence-electron chi connectivity index (χ0n) is 15.5. The van der Waals surface area contributed by atoms with E-state index in [1.807, 2.05) is 45.0 Å². The first-order valence-electron chi connectivity index (χ1n) is 8.67. The van der Waals surface area contributed by atoms with Crippen LogP contribution in [-0.2, 0) is 11.2 Å². The van der Waals surface area contributed by atoms with Gasteiger partial charge in [-0.3, -0.25) is 0 Å². The molecule has 1 amide bonds. The van der Waals surface area contributed by atoms with Gasteiger partial charge in [-0.2, -0.15) is 0 Å². The van der Waals surface area contributed by atoms with Crippen LogP contribution in [-0.4, -0.2) is 47.8 Å². The van der Waals surface area contributed by atoms with E-state index in [1.165, 1.54) is 5.56 Å². The van der Waals surface area contributed by atoms with Crippen LogP contribution in [0.15, 0.2) is 24.3 Å². The van der Waals surface area contributed by atoms with Crippen molar-refractivity contribution < 1.29 is 14.3 Å². The van der Waals surface area contributed by atoms with Gasteiger partial charge in [0.25, 0.3) is 0 Å². The Morgan fingerprint density at radius 3 is 2.36 bits per heavy atom. The molecule has 0 saturated carbocycles. The highest BCUT2D eigenvalue weighted by atomic mass is 32.1. The Morgan fingerprint density at radius 1 is 1.24 bits per heavy atom. The van der Waals surface area contributed by atoms with Gasteiger partial charge in [0.05, 0.1) is 12.1 Å². The number of alkyl carbamates (subject to hydrolysis) is 1. The van der Waals surface area contributed by atoms with Gasteiger partial charge in [0, 0.05) is 25.6 Å². The molecule has 0 unspecified atom stereocenters. The smallest absolute Gasteiger partial charge is 0.407 e. The molecular weight excluding hydrogens is 336 g/mol. The number of carbonyl (C=O) groups excluding carboxylic acids is 1. The molecule has 6 heteroatoms. The fraction of sp³-hybridized carbons (Fsp3) is 0.579. The molecule has 2 rings (SSSR count). The third-order valence-electron chi connectivity index (χ3n) is 4.08. The first-order valence-corrected chi connectivity index (χ1v) is 9.08. The molecule has 0 aromatic heterocycles. The lowest BCUT2D eigenvalue weighted by Crippen LogP contribution is -2.47. The van der Waals surface area contributed by atoms with Gasteiger partial charge < -0.3 is 19.7 Å². The van der Waals surface area contributed by atoms with E-state index < -0.39 is 5.60 Å². The van der Waals surface area contributed by atoms with Crippen LogP contribution in [0.4, 0.5) is 4.79 Å². The summed E-state index contributed by atoms with van der Waals surface area (Å²) in [5.74, 6) is 0.851. The summed E-state index contributed by atoms with van der Waals surface area (Å²) in [6, 6.07) is 8.14. The molecule has 0 aliphatic carbocycles. The Balaban J connectivity index is 1.77. The maximum atomic E-state index is 11.9. The lowest BCUT2D eigenvalue weighted by atomic mass is 10.0. The van der Waals surface area contributed by atoms with Crippen LogP contribution >= 0.6 is 12.2 Å². The largest absolute Gasteiger partial charge is 0.497 e. The second-order valence-electron chi connectivity index (χ2n) is 7.33. The van der Waals surface area contributed by atoms with Crippen molar-refractivity contribution in [2.24, 2.45) is 0 Å². The predicted octanol–water partition coefficient (Wildman–Crippen LogP) is 3.55. The lowest BCUT2D eigenvalue weighted by molar-refractivity contribution is 0.0488. The molecule has 1 aliphatic rings. The first-order chi connectivity index (χ1) is 11.8. The average Bonchev–Trinajstić information content (AvgIpc) is 2.54. The van der Waals surface area contributed by atoms with E-state index in [4.69, 9.17) is 21.7 Å². The molecule has 1 N–H and O–H groups in total. The molecule has 0 radical (unpaired) electrons. The van der Waals surface area contributed by atoms with Crippen molar-refractivity contribution >= 4 is 23.3 Å². The number of hydrogen-bond acceptors (Lipinski definition) is 4. The Bertz CT molecular complexity index is 588. The number of nitrogens with one attached hydrogen (secondary N) is 1. The van der Waals surface area contributed by atoms with Crippen LogP contribution in [0.5, 0.6) is 5.75 Å². The van der Waals surface area contributed by atoms with E-state index in [-0.39, 0.29) is 12.1 Å². The summed E-state index contributed by atoms with van der Waals surface area (Å²) in [5, 5.41) is 2.95. The summed E-state index contributed by atoms with van der Waals surface area (Å²) >= 11 is 5.60. The van der Waals surface area contributed by atoms with Crippen molar-refractivity contribution in [1.29, 1.82) is 0 Å². The third kappa shape index (κ3) is 6.53. The topological polar surface area (TPSA) is 50.8 Å². The van der Waals surface area contributed by atoms with Gasteiger partial charge in [0.2, 0.25) is 0 Å². The molecule has 0 atom stereocenters. The van der Waals surface area contributed by atoms with Crippen LogP contribution in [0.25, 0.3) is 0 Å². The van der Waals surface area contributed by atoms with Gasteiger partial charge in [-0.05, 0) is 51.3 Å². The molecule has 5 nitrogen and oxygen atoms in total. The van der Waals surface area contributed by atoms with Crippen molar-refractivity contribution in [3.05, 3.63) is 29.8 Å². The number of ether oxygens (including phenoxy) is 2. The van der Waals surface area contributed by atoms with Crippen LogP contribution in [0, 0.1) is 0 Å². The van der Waals surface area contributed by atoms with E-state index in [0.717, 1.165) is 43.1 Å². The Labute approximate surface area is 155 Å². The number of piperidine rings is 1. The fourth-order valence-electron chi connectivity index (χ4n) is 2.78. The van der Waals surface area contributed by atoms with Crippen molar-refractivity contribution in [3.63, 3.8) is 0 Å². The number of benzene rings is 1. The van der Waals surface area contributed by atoms with E-state index in [9.17, 15) is 4.79 Å². The van der Waals surface area contributed by atoms with E-state index in [1.54, 1.807) is 7.11 Å². The SMILES string of the molecule is COc1ccc(CC(=S)N2CCC(NC(=O)OC(C)(C)C)CC2)cc1. The lowest BCUT2D eigenvalue weighted by Gasteiger charge is -2.34. The summed E-state index contributed by atoms with van der Waals surface area (Å²) < 4.78 is 10.5. The second kappa shape index (κ2) is 8.52. The predicted molar refractivity (Wildman–Crippen MR) is 103 cm³/mol. The highest BCUT2D eigenvalue weighted by Crippen LogP contribution is 2.16. The van der Waals surface area contributed by atoms with E-state index >= 15 is 0 Å². The molecule has 1 fully saturated rings. The van der Waals surface area contributed by atoms with Crippen molar-refractivity contribution in [2.75, 3.05) is 20.2 Å². The summed E-state index contributed by atoms with van der Waals surface area (Å²) in [6.07, 6.45) is 2.17. The summed E-state index contributed by atoms with van der Waals surface area (Å²) in [4.78, 5) is 15.0. The number of hydrogen-bond donors (Lipinski definition) is 1. The highest BCUT2D eigenvalue weighted by Gasteiger charge is 2.24. The van der Waals surface area contributed by atoms with Crippen molar-refractivity contribution in [2.45, 2.75) is 51.7 Å². The summed E-state index contributed by atoms with van der Waals surface area (Å²) in [6.45, 7) is 7.32. The maximum Gasteiger partial charge on any atom is 0.407 e. The third-order valence-corrected chi connectivity index (χ3v) is 4.49. The van der Waals surface area contributed by atoms with Crippen molar-refractivity contribution in [3.8, 4) is 5.75 Å². The molecule has 138 valence electrons. The molecule has 1 saturated heterocycles. The van der Waals surface area contributed by atoms with Crippen LogP contribution < -0.4 is 10.1 Å². The zero-order chi connectivity index (χ0) is 18.4. The van der Waals surface area contributed by atoms with Gasteiger partial charge in [-0.1, -0.05) is 24.4 Å². The molecule has 1 heterocycles. The van der Waals surface area contributed by atoms with Gasteiger partial charge >= 0.3 is 6.09 Å². The Morgan fingerprint density at radius 2 is 1.84 bits per heavy atom. The van der Waals surface area contributed by atoms with E-state index in [0.29, 0.717) is 0 Å². The molecule has 25 heavy (non-hydrogen) atoms. The molecule has 1 aliphatic heterocycles. The fourth-order valence-corrected chi connectivity index (χ4v) is 3.13. The number of carbonyl (C=O) groups is 1. The van der Waals surface area contributed by atoms with E-state index in [2.05, 4.69) is 10.2 Å². The molecule has 0 bridgehead atoms. The van der Waals surface area contributed by atoms with Gasteiger partial charge in [-0.15, -0.1) is 0 Å². The summed E-state index contributed by atoms with van der Waals surface area (Å²) in [5.41, 5.74) is 0.713. The van der Waals surface area contributed by atoms with Crippen LogP contribution in [0.3, 0.4) is 0 Å². The van der Waals surface area contributed by atoms with Gasteiger partial charge in [-0.25, -0.2) is 4.79 Å². The molecule has 1 aromatic carbocycles. The number of thiocarbonyl (C=S) groups is 1. The average molecular weight is 365 g/mol. The minimum absolute atomic E-state index is 0.148. The standard InChI is InChI=1S/C19H28N2O3S/c1-19(2,3)24-18(22)20-15-9-11-21(12-10-15)17(25)13-14-5-7-16(23-4)8-6-14/h5-8,15H,9-13H2,1-4H3,(H,20,22). The molecule has 1 aromatic rings. The van der Waals surface area contributed by atoms with Gasteiger partial charge in [0.15, 0.2) is 0 Å². The number of likely N-dealkylation sites (tertiary alicyclic amines) is 1. The number of amides is 1. The van der Waals surface area contributed by atoms with Crippen LogP contribution in [0.1, 0.15) is 39.2 Å². The normalized spacial score (nSPS) is 15.6. The second-order valence-corrected chi connectivity index (χ2v) is 7.80. The minimum Gasteiger partial charge on any atom is -0.497 e.